The molecule has 0 spiro atoms. The van der Waals surface area contributed by atoms with Gasteiger partial charge in [0.25, 0.3) is 0 Å². The molecule has 0 aliphatic heterocycles. The molecule has 0 radical (unpaired) electrons. The second-order valence-corrected chi connectivity index (χ2v) is 7.79. The number of nitriles is 1. The number of nitrogens with two attached hydrogens (primary N) is 1. The van der Waals surface area contributed by atoms with Gasteiger partial charge in [0.15, 0.2) is 0 Å². The summed E-state index contributed by atoms with van der Waals surface area (Å²) < 4.78 is 20.5. The highest BCUT2D eigenvalue weighted by atomic mass is 19.1. The Hall–Kier alpha value is -4.38. The van der Waals surface area contributed by atoms with E-state index in [0.717, 1.165) is 17.1 Å². The molecule has 2 heterocycles. The molecule has 2 aromatic carbocycles. The summed E-state index contributed by atoms with van der Waals surface area (Å²) in [6.45, 7) is 0.445. The Morgan fingerprint density at radius 1 is 1.09 bits per heavy atom. The third-order valence-corrected chi connectivity index (χ3v) is 5.41. The molecule has 8 heteroatoms. The fourth-order valence-corrected chi connectivity index (χ4v) is 3.63. The van der Waals surface area contributed by atoms with Crippen LogP contribution in [-0.2, 0) is 17.6 Å². The molecule has 0 aliphatic rings. The van der Waals surface area contributed by atoms with Crippen LogP contribution in [0.25, 0.3) is 17.0 Å². The maximum absolute atomic E-state index is 13.2. The zero-order valence-electron chi connectivity index (χ0n) is 18.5. The molecule has 172 valence electrons. The number of rotatable bonds is 9. The number of hydrogen-bond donors (Lipinski definition) is 2. The molecule has 0 saturated carbocycles. The van der Waals surface area contributed by atoms with Crippen molar-refractivity contribution in [3.8, 4) is 23.1 Å². The van der Waals surface area contributed by atoms with Crippen LogP contribution in [0, 0.1) is 17.1 Å². The Balaban J connectivity index is 1.25. The zero-order chi connectivity index (χ0) is 23.9. The first-order valence-corrected chi connectivity index (χ1v) is 11.0. The van der Waals surface area contributed by atoms with E-state index in [1.807, 2.05) is 42.5 Å². The average Bonchev–Trinajstić information content (AvgIpc) is 3.46. The summed E-state index contributed by atoms with van der Waals surface area (Å²) in [7, 11) is 0. The summed E-state index contributed by atoms with van der Waals surface area (Å²) >= 11 is 0. The normalized spacial score (nSPS) is 10.7. The van der Waals surface area contributed by atoms with E-state index in [2.05, 4.69) is 16.5 Å². The van der Waals surface area contributed by atoms with Crippen molar-refractivity contribution >= 4 is 11.7 Å². The predicted molar refractivity (Wildman–Crippen MR) is 126 cm³/mol. The van der Waals surface area contributed by atoms with E-state index in [1.54, 1.807) is 12.1 Å². The number of carbonyl (C=O) groups excluding carboxylic acids is 1. The molecule has 2 aromatic heterocycles. The summed E-state index contributed by atoms with van der Waals surface area (Å²) in [6.07, 6.45) is 1.90. The Bertz CT molecular complexity index is 1300. The monoisotopic (exact) mass is 457 g/mol. The van der Waals surface area contributed by atoms with Crippen molar-refractivity contribution in [3.05, 3.63) is 89.6 Å². The largest absolute Gasteiger partial charge is 0.461 e. The van der Waals surface area contributed by atoms with E-state index in [-0.39, 0.29) is 17.5 Å². The molecule has 4 aromatic rings. The number of aryl methyl sites for hydroxylation is 2. The molecule has 34 heavy (non-hydrogen) atoms. The summed E-state index contributed by atoms with van der Waals surface area (Å²) in [4.78, 5) is 12.2. The van der Waals surface area contributed by atoms with E-state index >= 15 is 0 Å². The van der Waals surface area contributed by atoms with Gasteiger partial charge in [-0.2, -0.15) is 10.4 Å². The van der Waals surface area contributed by atoms with Crippen molar-refractivity contribution in [2.24, 2.45) is 0 Å². The van der Waals surface area contributed by atoms with Crippen LogP contribution in [0.15, 0.2) is 71.1 Å². The number of nitrogens with one attached hydrogen (secondary N) is 1. The van der Waals surface area contributed by atoms with Crippen LogP contribution in [-0.4, -0.2) is 22.2 Å². The maximum Gasteiger partial charge on any atom is 0.220 e. The van der Waals surface area contributed by atoms with Gasteiger partial charge in [-0.25, -0.2) is 9.07 Å². The van der Waals surface area contributed by atoms with Gasteiger partial charge >= 0.3 is 0 Å². The first-order chi connectivity index (χ1) is 16.5. The molecule has 1 amide bonds. The minimum absolute atomic E-state index is 0.0745. The molecular weight excluding hydrogens is 433 g/mol. The fraction of sp³-hybridized carbons (Fsp3) is 0.192. The van der Waals surface area contributed by atoms with Gasteiger partial charge < -0.3 is 15.5 Å². The zero-order valence-corrected chi connectivity index (χ0v) is 18.5. The maximum atomic E-state index is 13.2. The number of amides is 1. The third kappa shape index (κ3) is 5.33. The second-order valence-electron chi connectivity index (χ2n) is 7.79. The number of aromatic nitrogens is 2. The highest BCUT2D eigenvalue weighted by Crippen LogP contribution is 2.23. The van der Waals surface area contributed by atoms with Crippen molar-refractivity contribution in [1.29, 1.82) is 5.26 Å². The molecule has 0 saturated heterocycles. The van der Waals surface area contributed by atoms with Gasteiger partial charge in [-0.05, 0) is 49.2 Å². The van der Waals surface area contributed by atoms with Gasteiger partial charge in [-0.3, -0.25) is 4.79 Å². The number of anilines is 1. The molecule has 3 N–H and O–H groups in total. The van der Waals surface area contributed by atoms with Crippen LogP contribution in [0.1, 0.15) is 29.9 Å². The van der Waals surface area contributed by atoms with Gasteiger partial charge in [-0.1, -0.05) is 30.3 Å². The molecule has 7 nitrogen and oxygen atoms in total. The van der Waals surface area contributed by atoms with Crippen molar-refractivity contribution < 1.29 is 13.6 Å². The van der Waals surface area contributed by atoms with Gasteiger partial charge in [-0.15, -0.1) is 0 Å². The smallest absolute Gasteiger partial charge is 0.220 e. The first kappa shape index (κ1) is 22.8. The van der Waals surface area contributed by atoms with Crippen LogP contribution < -0.4 is 11.1 Å². The summed E-state index contributed by atoms with van der Waals surface area (Å²) in [5.41, 5.74) is 8.48. The number of furan rings is 1. The topological polar surface area (TPSA) is 110 Å². The summed E-state index contributed by atoms with van der Waals surface area (Å²) in [5.74, 6) is 1.31. The minimum atomic E-state index is -0.366. The molecule has 0 fully saturated rings. The number of hydrogen-bond acceptors (Lipinski definition) is 5. The average molecular weight is 458 g/mol. The van der Waals surface area contributed by atoms with E-state index in [0.29, 0.717) is 49.2 Å². The molecular formula is C26H24FN5O2. The van der Waals surface area contributed by atoms with Gasteiger partial charge in [0, 0.05) is 24.9 Å². The SMILES string of the molecule is N#Cc1c(CCCNC(=O)CCc2ccc(-c3ccccc3)o2)nn(-c2ccc(F)cc2)c1N. The van der Waals surface area contributed by atoms with E-state index in [9.17, 15) is 14.4 Å². The Labute approximate surface area is 196 Å². The Morgan fingerprint density at radius 3 is 2.59 bits per heavy atom. The lowest BCUT2D eigenvalue weighted by atomic mass is 10.1. The number of nitrogens with zero attached hydrogens (tertiary/aromatic N) is 3. The Kier molecular flexibility index (Phi) is 7.04. The quantitative estimate of drug-likeness (QED) is 0.362. The predicted octanol–water partition coefficient (Wildman–Crippen LogP) is 4.41. The minimum Gasteiger partial charge on any atom is -0.461 e. The lowest BCUT2D eigenvalue weighted by molar-refractivity contribution is -0.121. The van der Waals surface area contributed by atoms with Crippen molar-refractivity contribution in [1.82, 2.24) is 15.1 Å². The number of halogens is 1. The van der Waals surface area contributed by atoms with Crippen LogP contribution in [0.2, 0.25) is 0 Å². The highest BCUT2D eigenvalue weighted by molar-refractivity contribution is 5.76. The molecule has 4 rings (SSSR count). The molecule has 0 atom stereocenters. The molecule has 0 bridgehead atoms. The number of benzene rings is 2. The standard InChI is InChI=1S/C26H24FN5O2/c27-19-8-10-20(11-9-19)32-26(29)22(17-28)23(31-32)7-4-16-30-25(33)15-13-21-12-14-24(34-21)18-5-2-1-3-6-18/h1-3,5-6,8-12,14H,4,7,13,15-16,29H2,(H,30,33). The van der Waals surface area contributed by atoms with Crippen molar-refractivity contribution in [2.75, 3.05) is 12.3 Å². The lowest BCUT2D eigenvalue weighted by Gasteiger charge is -2.04. The second kappa shape index (κ2) is 10.5. The molecule has 0 unspecified atom stereocenters. The van der Waals surface area contributed by atoms with Gasteiger partial charge in [0.2, 0.25) is 5.91 Å². The van der Waals surface area contributed by atoms with Crippen LogP contribution >= 0.6 is 0 Å². The molecule has 0 aliphatic carbocycles. The van der Waals surface area contributed by atoms with Crippen LogP contribution in [0.3, 0.4) is 0 Å². The van der Waals surface area contributed by atoms with E-state index in [4.69, 9.17) is 10.2 Å². The highest BCUT2D eigenvalue weighted by Gasteiger charge is 2.16. The lowest BCUT2D eigenvalue weighted by Crippen LogP contribution is -2.25. The van der Waals surface area contributed by atoms with Gasteiger partial charge in [0.1, 0.15) is 34.8 Å². The first-order valence-electron chi connectivity index (χ1n) is 11.0. The van der Waals surface area contributed by atoms with E-state index < -0.39 is 0 Å². The Morgan fingerprint density at radius 2 is 1.85 bits per heavy atom. The van der Waals surface area contributed by atoms with Crippen LogP contribution in [0.4, 0.5) is 10.2 Å². The van der Waals surface area contributed by atoms with Crippen molar-refractivity contribution in [3.63, 3.8) is 0 Å². The van der Waals surface area contributed by atoms with E-state index in [1.165, 1.54) is 16.8 Å². The number of nitrogen functional groups attached to an aromatic ring is 1. The number of carbonyl (C=O) groups is 1. The fourth-order valence-electron chi connectivity index (χ4n) is 3.63. The van der Waals surface area contributed by atoms with Crippen LogP contribution in [0.5, 0.6) is 0 Å². The third-order valence-electron chi connectivity index (χ3n) is 5.41. The summed E-state index contributed by atoms with van der Waals surface area (Å²) in [5, 5.41) is 16.8. The van der Waals surface area contributed by atoms with Gasteiger partial charge in [0.05, 0.1) is 11.4 Å². The summed E-state index contributed by atoms with van der Waals surface area (Å²) in [6, 6.07) is 21.4. The van der Waals surface area contributed by atoms with Crippen molar-refractivity contribution in [2.45, 2.75) is 25.7 Å².